The third kappa shape index (κ3) is 4.14. The molecule has 2 rings (SSSR count). The Balaban J connectivity index is 2.01. The van der Waals surface area contributed by atoms with E-state index >= 15 is 0 Å². The van der Waals surface area contributed by atoms with Crippen LogP contribution in [0.4, 0.5) is 0 Å². The Morgan fingerprint density at radius 1 is 1.42 bits per heavy atom. The summed E-state index contributed by atoms with van der Waals surface area (Å²) in [5, 5.41) is 4.04. The first-order chi connectivity index (χ1) is 9.19. The van der Waals surface area contributed by atoms with Crippen LogP contribution >= 0.6 is 15.9 Å². The average Bonchev–Trinajstić information content (AvgIpc) is 2.84. The molecule has 0 bridgehead atoms. The van der Waals surface area contributed by atoms with Gasteiger partial charge in [-0.3, -0.25) is 0 Å². The van der Waals surface area contributed by atoms with Crippen LogP contribution in [-0.4, -0.2) is 16.7 Å². The molecule has 0 fully saturated rings. The highest BCUT2D eigenvalue weighted by Crippen LogP contribution is 2.19. The fourth-order valence-electron chi connectivity index (χ4n) is 1.92. The minimum atomic E-state index is 0.271. The summed E-state index contributed by atoms with van der Waals surface area (Å²) in [6.07, 6.45) is 2.64. The molecule has 0 radical (unpaired) electrons. The molecule has 4 nitrogen and oxygen atoms in total. The van der Waals surface area contributed by atoms with E-state index in [9.17, 15) is 0 Å². The highest BCUT2D eigenvalue weighted by Gasteiger charge is 2.14. The van der Waals surface area contributed by atoms with E-state index in [1.54, 1.807) is 0 Å². The highest BCUT2D eigenvalue weighted by atomic mass is 79.9. The van der Waals surface area contributed by atoms with Crippen LogP contribution in [0.15, 0.2) is 33.3 Å². The van der Waals surface area contributed by atoms with Crippen molar-refractivity contribution >= 4 is 15.9 Å². The van der Waals surface area contributed by atoms with Crippen molar-refractivity contribution in [2.45, 2.75) is 32.1 Å². The quantitative estimate of drug-likeness (QED) is 0.886. The zero-order valence-electron chi connectivity index (χ0n) is 11.0. The molecule has 5 heteroatoms. The third-order valence-electron chi connectivity index (χ3n) is 3.00. The molecular weight excluding hydrogens is 306 g/mol. The highest BCUT2D eigenvalue weighted by molar-refractivity contribution is 9.10. The van der Waals surface area contributed by atoms with Gasteiger partial charge in [-0.1, -0.05) is 40.1 Å². The van der Waals surface area contributed by atoms with Crippen molar-refractivity contribution in [2.75, 3.05) is 6.54 Å². The van der Waals surface area contributed by atoms with Gasteiger partial charge >= 0.3 is 0 Å². The molecule has 1 aromatic heterocycles. The lowest BCUT2D eigenvalue weighted by atomic mass is 10.1. The first-order valence-electron chi connectivity index (χ1n) is 6.46. The molecule has 2 N–H and O–H groups in total. The Kier molecular flexibility index (Phi) is 5.10. The Labute approximate surface area is 121 Å². The number of aromatic nitrogens is 2. The van der Waals surface area contributed by atoms with Crippen LogP contribution in [0.5, 0.6) is 0 Å². The third-order valence-corrected chi connectivity index (χ3v) is 3.49. The van der Waals surface area contributed by atoms with Crippen LogP contribution in [0.1, 0.15) is 43.0 Å². The summed E-state index contributed by atoms with van der Waals surface area (Å²) in [4.78, 5) is 4.45. The number of nitrogens with zero attached hydrogens (tertiary/aromatic N) is 2. The van der Waals surface area contributed by atoms with Gasteiger partial charge in [0.25, 0.3) is 0 Å². The molecule has 0 amide bonds. The lowest BCUT2D eigenvalue weighted by Gasteiger charge is -2.03. The molecule has 2 aromatic rings. The summed E-state index contributed by atoms with van der Waals surface area (Å²) in [6.45, 7) is 2.79. The summed E-state index contributed by atoms with van der Waals surface area (Å²) in [7, 11) is 0. The van der Waals surface area contributed by atoms with Crippen molar-refractivity contribution < 1.29 is 4.52 Å². The van der Waals surface area contributed by atoms with Gasteiger partial charge in [-0.15, -0.1) is 0 Å². The van der Waals surface area contributed by atoms with Gasteiger partial charge in [0.15, 0.2) is 5.82 Å². The molecule has 19 heavy (non-hydrogen) atoms. The molecule has 1 heterocycles. The topological polar surface area (TPSA) is 64.9 Å². The van der Waals surface area contributed by atoms with Gasteiger partial charge in [0, 0.05) is 16.8 Å². The van der Waals surface area contributed by atoms with Crippen LogP contribution in [0.3, 0.4) is 0 Å². The Morgan fingerprint density at radius 3 is 3.00 bits per heavy atom. The fourth-order valence-corrected chi connectivity index (χ4v) is 2.36. The van der Waals surface area contributed by atoms with Crippen molar-refractivity contribution in [2.24, 2.45) is 5.73 Å². The lowest BCUT2D eigenvalue weighted by molar-refractivity contribution is 0.349. The SMILES string of the molecule is CC(CCCN)c1nc(Cc2cccc(Br)c2)no1. The van der Waals surface area contributed by atoms with Gasteiger partial charge in [-0.2, -0.15) is 4.98 Å². The molecule has 1 atom stereocenters. The van der Waals surface area contributed by atoms with E-state index < -0.39 is 0 Å². The molecular formula is C14H18BrN3O. The van der Waals surface area contributed by atoms with Crippen molar-refractivity contribution in [3.8, 4) is 0 Å². The van der Waals surface area contributed by atoms with Crippen LogP contribution in [-0.2, 0) is 6.42 Å². The smallest absolute Gasteiger partial charge is 0.229 e. The molecule has 0 saturated carbocycles. The number of hydrogen-bond donors (Lipinski definition) is 1. The zero-order chi connectivity index (χ0) is 13.7. The van der Waals surface area contributed by atoms with Crippen molar-refractivity contribution in [3.63, 3.8) is 0 Å². The summed E-state index contributed by atoms with van der Waals surface area (Å²) in [5.74, 6) is 1.71. The van der Waals surface area contributed by atoms with Crippen molar-refractivity contribution in [1.82, 2.24) is 10.1 Å². The van der Waals surface area contributed by atoms with Gasteiger partial charge in [0.1, 0.15) is 0 Å². The summed E-state index contributed by atoms with van der Waals surface area (Å²) >= 11 is 3.46. The van der Waals surface area contributed by atoms with Crippen LogP contribution in [0, 0.1) is 0 Å². The second kappa shape index (κ2) is 6.82. The molecule has 0 aliphatic rings. The Hall–Kier alpha value is -1.20. The molecule has 0 spiro atoms. The standard InChI is InChI=1S/C14H18BrN3O/c1-10(4-3-7-16)14-17-13(18-19-14)9-11-5-2-6-12(15)8-11/h2,5-6,8,10H,3-4,7,9,16H2,1H3. The molecule has 0 aliphatic heterocycles. The van der Waals surface area contributed by atoms with Gasteiger partial charge in [-0.25, -0.2) is 0 Å². The van der Waals surface area contributed by atoms with E-state index in [0.717, 1.165) is 28.7 Å². The van der Waals surface area contributed by atoms with Crippen molar-refractivity contribution in [1.29, 1.82) is 0 Å². The van der Waals surface area contributed by atoms with Crippen molar-refractivity contribution in [3.05, 3.63) is 46.0 Å². The summed E-state index contributed by atoms with van der Waals surface area (Å²) in [5.41, 5.74) is 6.67. The van der Waals surface area contributed by atoms with E-state index in [2.05, 4.69) is 45.1 Å². The number of hydrogen-bond acceptors (Lipinski definition) is 4. The normalized spacial score (nSPS) is 12.6. The molecule has 102 valence electrons. The van der Waals surface area contributed by atoms with E-state index in [-0.39, 0.29) is 5.92 Å². The largest absolute Gasteiger partial charge is 0.339 e. The van der Waals surface area contributed by atoms with Gasteiger partial charge < -0.3 is 10.3 Å². The van der Waals surface area contributed by atoms with Crippen LogP contribution in [0.25, 0.3) is 0 Å². The fraction of sp³-hybridized carbons (Fsp3) is 0.429. The predicted molar refractivity (Wildman–Crippen MR) is 77.9 cm³/mol. The van der Waals surface area contributed by atoms with Crippen LogP contribution in [0.2, 0.25) is 0 Å². The van der Waals surface area contributed by atoms with E-state index in [1.807, 2.05) is 12.1 Å². The van der Waals surface area contributed by atoms with E-state index in [1.165, 1.54) is 0 Å². The Bertz CT molecular complexity index is 527. The summed E-state index contributed by atoms with van der Waals surface area (Å²) in [6, 6.07) is 8.12. The number of nitrogens with two attached hydrogens (primary N) is 1. The van der Waals surface area contributed by atoms with Gasteiger partial charge in [0.05, 0.1) is 0 Å². The number of halogens is 1. The molecule has 1 unspecified atom stereocenters. The maximum Gasteiger partial charge on any atom is 0.229 e. The van der Waals surface area contributed by atoms with E-state index in [4.69, 9.17) is 10.3 Å². The molecule has 0 aliphatic carbocycles. The summed E-state index contributed by atoms with van der Waals surface area (Å²) < 4.78 is 6.37. The second-order valence-corrected chi connectivity index (χ2v) is 5.60. The predicted octanol–water partition coefficient (Wildman–Crippen LogP) is 3.27. The maximum atomic E-state index is 5.51. The van der Waals surface area contributed by atoms with E-state index in [0.29, 0.717) is 18.9 Å². The first kappa shape index (κ1) is 14.2. The second-order valence-electron chi connectivity index (χ2n) is 4.69. The number of benzene rings is 1. The average molecular weight is 324 g/mol. The zero-order valence-corrected chi connectivity index (χ0v) is 12.6. The first-order valence-corrected chi connectivity index (χ1v) is 7.25. The minimum absolute atomic E-state index is 0.271. The Morgan fingerprint density at radius 2 is 2.26 bits per heavy atom. The number of rotatable bonds is 6. The monoisotopic (exact) mass is 323 g/mol. The minimum Gasteiger partial charge on any atom is -0.339 e. The van der Waals surface area contributed by atoms with Gasteiger partial charge in [-0.05, 0) is 37.1 Å². The maximum absolute atomic E-state index is 5.51. The van der Waals surface area contributed by atoms with Gasteiger partial charge in [0.2, 0.25) is 5.89 Å². The molecule has 0 saturated heterocycles. The molecule has 1 aromatic carbocycles. The lowest BCUT2D eigenvalue weighted by Crippen LogP contribution is -2.02. The van der Waals surface area contributed by atoms with Crippen LogP contribution < -0.4 is 5.73 Å².